The van der Waals surface area contributed by atoms with Crippen LogP contribution in [0.15, 0.2) is 23.1 Å². The van der Waals surface area contributed by atoms with E-state index < -0.39 is 43.6 Å². The van der Waals surface area contributed by atoms with Gasteiger partial charge in [0.05, 0.1) is 15.5 Å². The van der Waals surface area contributed by atoms with Crippen molar-refractivity contribution in [2.45, 2.75) is 30.0 Å². The Morgan fingerprint density at radius 1 is 1.33 bits per heavy atom. The summed E-state index contributed by atoms with van der Waals surface area (Å²) in [6.45, 7) is 0.0799. The number of likely N-dealkylation sites (N-methyl/N-ethyl adjacent to an activating group) is 1. The quantitative estimate of drug-likeness (QED) is 0.805. The van der Waals surface area contributed by atoms with Gasteiger partial charge in [0.25, 0.3) is 0 Å². The molecule has 1 aromatic carbocycles. The zero-order chi connectivity index (χ0) is 18.3. The molecule has 0 unspecified atom stereocenters. The van der Waals surface area contributed by atoms with Gasteiger partial charge in [-0.25, -0.2) is 8.42 Å². The van der Waals surface area contributed by atoms with Crippen molar-refractivity contribution in [1.82, 2.24) is 9.21 Å². The molecule has 0 radical (unpaired) electrons. The molecule has 134 valence electrons. The van der Waals surface area contributed by atoms with E-state index in [1.54, 1.807) is 0 Å². The SMILES string of the molecule is CN(C)C(=O)[C@H]1CCCN1S(=O)(=O)c1ccc(Cl)c(C(F)(F)F)c1. The van der Waals surface area contributed by atoms with Crippen LogP contribution in [-0.4, -0.2) is 50.2 Å². The molecule has 1 aliphatic heterocycles. The maximum Gasteiger partial charge on any atom is 0.417 e. The largest absolute Gasteiger partial charge is 0.417 e. The van der Waals surface area contributed by atoms with Crippen molar-refractivity contribution in [3.05, 3.63) is 28.8 Å². The molecule has 0 spiro atoms. The van der Waals surface area contributed by atoms with Crippen LogP contribution in [0.25, 0.3) is 0 Å². The van der Waals surface area contributed by atoms with E-state index in [4.69, 9.17) is 11.6 Å². The van der Waals surface area contributed by atoms with Crippen molar-refractivity contribution in [3.8, 4) is 0 Å². The number of carbonyl (C=O) groups is 1. The van der Waals surface area contributed by atoms with Crippen LogP contribution in [-0.2, 0) is 21.0 Å². The monoisotopic (exact) mass is 384 g/mol. The van der Waals surface area contributed by atoms with E-state index in [2.05, 4.69) is 0 Å². The summed E-state index contributed by atoms with van der Waals surface area (Å²) in [6, 6.07) is 1.51. The number of alkyl halides is 3. The zero-order valence-electron chi connectivity index (χ0n) is 13.0. The Morgan fingerprint density at radius 2 is 1.96 bits per heavy atom. The molecule has 1 saturated heterocycles. The smallest absolute Gasteiger partial charge is 0.347 e. The Balaban J connectivity index is 2.46. The van der Waals surface area contributed by atoms with E-state index in [1.807, 2.05) is 0 Å². The molecule has 1 fully saturated rings. The van der Waals surface area contributed by atoms with Crippen molar-refractivity contribution in [3.63, 3.8) is 0 Å². The molecule has 5 nitrogen and oxygen atoms in total. The molecule has 0 bridgehead atoms. The summed E-state index contributed by atoms with van der Waals surface area (Å²) < 4.78 is 65.2. The summed E-state index contributed by atoms with van der Waals surface area (Å²) in [4.78, 5) is 12.9. The fourth-order valence-corrected chi connectivity index (χ4v) is 4.49. The van der Waals surface area contributed by atoms with Crippen LogP contribution in [0.1, 0.15) is 18.4 Å². The predicted octanol–water partition coefficient (Wildman–Crippen LogP) is 2.60. The molecule has 0 aromatic heterocycles. The average molecular weight is 385 g/mol. The van der Waals surface area contributed by atoms with Crippen molar-refractivity contribution in [2.24, 2.45) is 0 Å². The number of carbonyl (C=O) groups excluding carboxylic acids is 1. The highest BCUT2D eigenvalue weighted by Gasteiger charge is 2.41. The van der Waals surface area contributed by atoms with Crippen LogP contribution in [0.3, 0.4) is 0 Å². The van der Waals surface area contributed by atoms with Gasteiger partial charge in [-0.1, -0.05) is 11.6 Å². The number of amides is 1. The lowest BCUT2D eigenvalue weighted by Gasteiger charge is -2.26. The Bertz CT molecular complexity index is 750. The first-order valence-corrected chi connectivity index (χ1v) is 8.88. The summed E-state index contributed by atoms with van der Waals surface area (Å²) in [5.74, 6) is -0.402. The maximum atomic E-state index is 13.0. The minimum Gasteiger partial charge on any atom is -0.347 e. The Morgan fingerprint density at radius 3 is 2.50 bits per heavy atom. The predicted molar refractivity (Wildman–Crippen MR) is 82.1 cm³/mol. The number of sulfonamides is 1. The van der Waals surface area contributed by atoms with Gasteiger partial charge in [0.15, 0.2) is 0 Å². The molecule has 1 amide bonds. The topological polar surface area (TPSA) is 57.7 Å². The van der Waals surface area contributed by atoms with E-state index in [9.17, 15) is 26.4 Å². The normalized spacial score (nSPS) is 19.5. The van der Waals surface area contributed by atoms with Crippen molar-refractivity contribution >= 4 is 27.5 Å². The zero-order valence-corrected chi connectivity index (χ0v) is 14.5. The molecular weight excluding hydrogens is 369 g/mol. The fourth-order valence-electron chi connectivity index (χ4n) is 2.59. The van der Waals surface area contributed by atoms with Gasteiger partial charge in [-0.15, -0.1) is 0 Å². The van der Waals surface area contributed by atoms with E-state index in [0.717, 1.165) is 16.4 Å². The Kier molecular flexibility index (Phi) is 5.17. The highest BCUT2D eigenvalue weighted by atomic mass is 35.5. The second kappa shape index (κ2) is 6.53. The molecule has 1 heterocycles. The molecule has 24 heavy (non-hydrogen) atoms. The van der Waals surface area contributed by atoms with Crippen molar-refractivity contribution in [1.29, 1.82) is 0 Å². The molecule has 2 rings (SSSR count). The van der Waals surface area contributed by atoms with Gasteiger partial charge in [0.1, 0.15) is 6.04 Å². The standard InChI is InChI=1S/C14H16ClF3N2O3S/c1-19(2)13(21)12-4-3-7-20(12)24(22,23)9-5-6-11(15)10(8-9)14(16,17)18/h5-6,8,12H,3-4,7H2,1-2H3/t12-/m1/s1. The highest BCUT2D eigenvalue weighted by molar-refractivity contribution is 7.89. The van der Waals surface area contributed by atoms with Crippen LogP contribution >= 0.6 is 11.6 Å². The van der Waals surface area contributed by atoms with Crippen LogP contribution < -0.4 is 0 Å². The third-order valence-electron chi connectivity index (χ3n) is 3.78. The van der Waals surface area contributed by atoms with E-state index in [0.29, 0.717) is 18.9 Å². The number of halogens is 4. The molecule has 0 N–H and O–H groups in total. The van der Waals surface area contributed by atoms with Crippen LogP contribution in [0.2, 0.25) is 5.02 Å². The Labute approximate surface area is 143 Å². The van der Waals surface area contributed by atoms with Gasteiger partial charge in [0.2, 0.25) is 15.9 Å². The highest BCUT2D eigenvalue weighted by Crippen LogP contribution is 2.37. The lowest BCUT2D eigenvalue weighted by molar-refractivity contribution is -0.137. The van der Waals surface area contributed by atoms with Crippen molar-refractivity contribution < 1.29 is 26.4 Å². The van der Waals surface area contributed by atoms with Gasteiger partial charge < -0.3 is 4.90 Å². The summed E-state index contributed by atoms with van der Waals surface area (Å²) in [5, 5.41) is -0.580. The van der Waals surface area contributed by atoms with Gasteiger partial charge >= 0.3 is 6.18 Å². The first-order chi connectivity index (χ1) is 11.0. The van der Waals surface area contributed by atoms with Gasteiger partial charge in [-0.3, -0.25) is 4.79 Å². The van der Waals surface area contributed by atoms with Gasteiger partial charge in [0, 0.05) is 20.6 Å². The third-order valence-corrected chi connectivity index (χ3v) is 6.01. The van der Waals surface area contributed by atoms with Gasteiger partial charge in [-0.05, 0) is 31.0 Å². The number of hydrogen-bond acceptors (Lipinski definition) is 3. The van der Waals surface area contributed by atoms with Crippen LogP contribution in [0, 0.1) is 0 Å². The Hall–Kier alpha value is -1.32. The summed E-state index contributed by atoms with van der Waals surface area (Å²) >= 11 is 5.52. The lowest BCUT2D eigenvalue weighted by atomic mass is 10.2. The number of benzene rings is 1. The van der Waals surface area contributed by atoms with Crippen LogP contribution in [0.5, 0.6) is 0 Å². The molecule has 1 atom stereocenters. The van der Waals surface area contributed by atoms with Crippen LogP contribution in [0.4, 0.5) is 13.2 Å². The minimum absolute atomic E-state index is 0.0799. The van der Waals surface area contributed by atoms with E-state index >= 15 is 0 Å². The molecule has 0 aliphatic carbocycles. The van der Waals surface area contributed by atoms with E-state index in [1.165, 1.54) is 19.0 Å². The second-order valence-corrected chi connectivity index (χ2v) is 7.94. The minimum atomic E-state index is -4.77. The van der Waals surface area contributed by atoms with Gasteiger partial charge in [-0.2, -0.15) is 17.5 Å². The van der Waals surface area contributed by atoms with E-state index in [-0.39, 0.29) is 6.54 Å². The number of rotatable bonds is 3. The van der Waals surface area contributed by atoms with Crippen molar-refractivity contribution in [2.75, 3.05) is 20.6 Å². The molecule has 10 heteroatoms. The molecular formula is C14H16ClF3N2O3S. The maximum absolute atomic E-state index is 13.0. The molecule has 1 aliphatic rings. The average Bonchev–Trinajstić information content (AvgIpc) is 2.95. The summed E-state index contributed by atoms with van der Waals surface area (Å²) in [6.07, 6.45) is -3.98. The first-order valence-electron chi connectivity index (χ1n) is 7.06. The number of hydrogen-bond donors (Lipinski definition) is 0. The third kappa shape index (κ3) is 3.52. The second-order valence-electron chi connectivity index (χ2n) is 5.65. The molecule has 0 saturated carbocycles. The fraction of sp³-hybridized carbons (Fsp3) is 0.500. The number of nitrogens with zero attached hydrogens (tertiary/aromatic N) is 2. The summed E-state index contributed by atoms with van der Waals surface area (Å²) in [7, 11) is -1.25. The summed E-state index contributed by atoms with van der Waals surface area (Å²) in [5.41, 5.74) is -1.22. The lowest BCUT2D eigenvalue weighted by Crippen LogP contribution is -2.45. The first kappa shape index (κ1) is 19.0. The molecule has 1 aromatic rings.